The van der Waals surface area contributed by atoms with E-state index in [0.717, 1.165) is 35.7 Å². The number of carbonyl (C=O) groups is 1. The van der Waals surface area contributed by atoms with Crippen molar-refractivity contribution in [1.82, 2.24) is 24.6 Å². The number of aromatic nitrogens is 4. The summed E-state index contributed by atoms with van der Waals surface area (Å²) in [5.41, 5.74) is 2.13. The van der Waals surface area contributed by atoms with Gasteiger partial charge in [0.05, 0.1) is 5.69 Å². The molecule has 0 saturated carbocycles. The maximum Gasteiger partial charge on any atom is 0.435 e. The number of amides is 1. The fourth-order valence-corrected chi connectivity index (χ4v) is 4.55. The summed E-state index contributed by atoms with van der Waals surface area (Å²) in [6.07, 6.45) is -0.965. The van der Waals surface area contributed by atoms with Crippen molar-refractivity contribution in [1.29, 1.82) is 0 Å². The Morgan fingerprint density at radius 3 is 2.58 bits per heavy atom. The first-order valence-electron chi connectivity index (χ1n) is 11.7. The highest BCUT2D eigenvalue weighted by Gasteiger charge is 2.34. The molecule has 7 nitrogen and oxygen atoms in total. The molecule has 1 aromatic carbocycles. The third-order valence-corrected chi connectivity index (χ3v) is 6.58. The van der Waals surface area contributed by atoms with Crippen molar-refractivity contribution < 1.29 is 18.0 Å². The van der Waals surface area contributed by atoms with Crippen molar-refractivity contribution >= 4 is 23.5 Å². The first-order chi connectivity index (χ1) is 17.0. The van der Waals surface area contributed by atoms with E-state index in [2.05, 4.69) is 10.1 Å². The molecule has 0 N–H and O–H groups in total. The molecule has 1 saturated heterocycles. The molecule has 1 unspecified atom stereocenters. The van der Waals surface area contributed by atoms with Gasteiger partial charge in [-0.25, -0.2) is 9.97 Å². The van der Waals surface area contributed by atoms with E-state index in [0.29, 0.717) is 29.8 Å². The van der Waals surface area contributed by atoms with E-state index in [9.17, 15) is 18.0 Å². The third kappa shape index (κ3) is 5.80. The predicted molar refractivity (Wildman–Crippen MR) is 132 cm³/mol. The Balaban J connectivity index is 1.52. The second-order valence-electron chi connectivity index (χ2n) is 9.19. The van der Waals surface area contributed by atoms with Crippen LogP contribution < -0.4 is 4.90 Å². The van der Waals surface area contributed by atoms with Crippen molar-refractivity contribution in [3.63, 3.8) is 0 Å². The van der Waals surface area contributed by atoms with Gasteiger partial charge in [0.1, 0.15) is 0 Å². The van der Waals surface area contributed by atoms with Gasteiger partial charge >= 0.3 is 6.18 Å². The average molecular weight is 521 g/mol. The number of likely N-dealkylation sites (tertiary alicyclic amines) is 1. The largest absolute Gasteiger partial charge is 0.435 e. The minimum Gasteiger partial charge on any atom is -0.347 e. The predicted octanol–water partition coefficient (Wildman–Crippen LogP) is 5.18. The molecule has 3 aromatic rings. The SMILES string of the molecule is Cc1cc(C(F)(F)F)nn1CCC(=O)N1CCCC(c2nc(N(C)C)ncc2-c2ccc(Cl)cc2)C1. The number of halogens is 4. The molecule has 1 aliphatic rings. The summed E-state index contributed by atoms with van der Waals surface area (Å²) in [6.45, 7) is 2.73. The molecular formula is C25H28ClF3N6O. The van der Waals surface area contributed by atoms with Gasteiger partial charge < -0.3 is 9.80 Å². The van der Waals surface area contributed by atoms with Gasteiger partial charge in [-0.15, -0.1) is 0 Å². The van der Waals surface area contributed by atoms with Crippen molar-refractivity contribution in [2.45, 2.75) is 44.8 Å². The summed E-state index contributed by atoms with van der Waals surface area (Å²) in [5.74, 6) is 0.470. The van der Waals surface area contributed by atoms with Gasteiger partial charge in [0, 0.05) is 68.5 Å². The molecule has 0 spiro atoms. The number of hydrogen-bond acceptors (Lipinski definition) is 5. The van der Waals surface area contributed by atoms with Gasteiger partial charge in [-0.1, -0.05) is 23.7 Å². The number of rotatable bonds is 6. The van der Waals surface area contributed by atoms with Crippen LogP contribution in [-0.4, -0.2) is 57.7 Å². The molecule has 0 bridgehead atoms. The molecule has 0 aliphatic carbocycles. The normalized spacial score (nSPS) is 16.3. The van der Waals surface area contributed by atoms with Crippen molar-refractivity contribution in [2.24, 2.45) is 0 Å². The van der Waals surface area contributed by atoms with Crippen molar-refractivity contribution in [2.75, 3.05) is 32.1 Å². The number of nitrogens with zero attached hydrogens (tertiary/aromatic N) is 6. The van der Waals surface area contributed by atoms with Crippen LogP contribution in [0.5, 0.6) is 0 Å². The molecule has 1 amide bonds. The molecule has 2 aromatic heterocycles. The number of alkyl halides is 3. The fraction of sp³-hybridized carbons (Fsp3) is 0.440. The van der Waals surface area contributed by atoms with Gasteiger partial charge in [0.15, 0.2) is 5.69 Å². The Hall–Kier alpha value is -3.14. The van der Waals surface area contributed by atoms with Gasteiger partial charge in [0.25, 0.3) is 0 Å². The van der Waals surface area contributed by atoms with Crippen LogP contribution in [0.3, 0.4) is 0 Å². The van der Waals surface area contributed by atoms with Crippen LogP contribution in [0, 0.1) is 6.92 Å². The maximum absolute atomic E-state index is 13.0. The minimum atomic E-state index is -4.51. The summed E-state index contributed by atoms with van der Waals surface area (Å²) in [7, 11) is 3.75. The van der Waals surface area contributed by atoms with E-state index < -0.39 is 11.9 Å². The monoisotopic (exact) mass is 520 g/mol. The maximum atomic E-state index is 13.0. The van der Waals surface area contributed by atoms with E-state index >= 15 is 0 Å². The summed E-state index contributed by atoms with van der Waals surface area (Å²) < 4.78 is 40.1. The fourth-order valence-electron chi connectivity index (χ4n) is 4.43. The smallest absolute Gasteiger partial charge is 0.347 e. The van der Waals surface area contributed by atoms with Crippen LogP contribution in [0.15, 0.2) is 36.5 Å². The van der Waals surface area contributed by atoms with Crippen LogP contribution in [0.4, 0.5) is 19.1 Å². The Labute approximate surface area is 212 Å². The van der Waals surface area contributed by atoms with Gasteiger partial charge in [-0.3, -0.25) is 9.48 Å². The zero-order chi connectivity index (χ0) is 26.0. The van der Waals surface area contributed by atoms with E-state index in [1.165, 1.54) is 4.68 Å². The molecule has 11 heteroatoms. The summed E-state index contributed by atoms with van der Waals surface area (Å²) in [5, 5.41) is 4.26. The van der Waals surface area contributed by atoms with Gasteiger partial charge in [-0.05, 0) is 43.5 Å². The van der Waals surface area contributed by atoms with Crippen LogP contribution in [0.2, 0.25) is 5.02 Å². The van der Waals surface area contributed by atoms with Crippen LogP contribution in [0.1, 0.15) is 42.3 Å². The lowest BCUT2D eigenvalue weighted by molar-refractivity contribution is -0.141. The third-order valence-electron chi connectivity index (χ3n) is 6.33. The minimum absolute atomic E-state index is 0.00153. The number of hydrogen-bond donors (Lipinski definition) is 0. The highest BCUT2D eigenvalue weighted by Crippen LogP contribution is 2.34. The Kier molecular flexibility index (Phi) is 7.54. The second kappa shape index (κ2) is 10.5. The molecular weight excluding hydrogens is 493 g/mol. The van der Waals surface area contributed by atoms with Gasteiger partial charge in [-0.2, -0.15) is 18.3 Å². The molecule has 1 fully saturated rings. The Morgan fingerprint density at radius 1 is 1.22 bits per heavy atom. The summed E-state index contributed by atoms with van der Waals surface area (Å²) in [4.78, 5) is 26.0. The average Bonchev–Trinajstić information content (AvgIpc) is 3.24. The molecule has 192 valence electrons. The second-order valence-corrected chi connectivity index (χ2v) is 9.63. The number of carbonyl (C=O) groups excluding carboxylic acids is 1. The van der Waals surface area contributed by atoms with Crippen molar-refractivity contribution in [3.8, 4) is 11.1 Å². The van der Waals surface area contributed by atoms with E-state index in [1.54, 1.807) is 18.0 Å². The molecule has 4 rings (SSSR count). The molecule has 36 heavy (non-hydrogen) atoms. The lowest BCUT2D eigenvalue weighted by Crippen LogP contribution is -2.40. The Morgan fingerprint density at radius 2 is 1.94 bits per heavy atom. The van der Waals surface area contributed by atoms with E-state index in [1.807, 2.05) is 43.3 Å². The highest BCUT2D eigenvalue weighted by atomic mass is 35.5. The highest BCUT2D eigenvalue weighted by molar-refractivity contribution is 6.30. The first kappa shape index (κ1) is 25.9. The van der Waals surface area contributed by atoms with Crippen molar-refractivity contribution in [3.05, 3.63) is 58.6 Å². The summed E-state index contributed by atoms with van der Waals surface area (Å²) in [6, 6.07) is 8.48. The van der Waals surface area contributed by atoms with Crippen LogP contribution in [0.25, 0.3) is 11.1 Å². The standard InChI is InChI=1S/C25H28ClF3N6O/c1-16-13-21(25(27,28)29)32-35(16)12-10-22(36)34-11-4-5-18(15-34)23-20(14-30-24(31-23)33(2)3)17-6-8-19(26)9-7-17/h6-9,13-14,18H,4-5,10-12,15H2,1-3H3. The zero-order valence-electron chi connectivity index (χ0n) is 20.4. The number of piperidine rings is 1. The number of aryl methyl sites for hydroxylation is 2. The van der Waals surface area contributed by atoms with E-state index in [4.69, 9.17) is 16.6 Å². The summed E-state index contributed by atoms with van der Waals surface area (Å²) >= 11 is 6.07. The molecule has 0 radical (unpaired) electrons. The number of anilines is 1. The Bertz CT molecular complexity index is 1230. The quantitative estimate of drug-likeness (QED) is 0.448. The molecule has 1 aliphatic heterocycles. The lowest BCUT2D eigenvalue weighted by atomic mass is 9.89. The van der Waals surface area contributed by atoms with Crippen LogP contribution in [-0.2, 0) is 17.5 Å². The van der Waals surface area contributed by atoms with Gasteiger partial charge in [0.2, 0.25) is 11.9 Å². The van der Waals surface area contributed by atoms with E-state index in [-0.39, 0.29) is 24.8 Å². The molecule has 3 heterocycles. The first-order valence-corrected chi connectivity index (χ1v) is 12.1. The number of benzene rings is 1. The lowest BCUT2D eigenvalue weighted by Gasteiger charge is -2.33. The zero-order valence-corrected chi connectivity index (χ0v) is 21.1. The van der Waals surface area contributed by atoms with Crippen LogP contribution >= 0.6 is 11.6 Å². The topological polar surface area (TPSA) is 67.2 Å². The molecule has 1 atom stereocenters.